The molecule has 4 rings (SSSR count). The number of aromatic nitrogens is 2. The zero-order valence-corrected chi connectivity index (χ0v) is 14.9. The van der Waals surface area contributed by atoms with Gasteiger partial charge in [-0.25, -0.2) is 9.97 Å². The van der Waals surface area contributed by atoms with E-state index in [2.05, 4.69) is 34.3 Å². The molecular formula is C18H24N4OS. The molecular weight excluding hydrogens is 320 g/mol. The van der Waals surface area contributed by atoms with Crippen molar-refractivity contribution >= 4 is 22.8 Å². The molecule has 0 aromatic carbocycles. The van der Waals surface area contributed by atoms with Crippen LogP contribution in [0.2, 0.25) is 0 Å². The third-order valence-corrected chi connectivity index (χ3v) is 6.10. The molecule has 5 nitrogen and oxygen atoms in total. The number of hydrogen-bond acceptors (Lipinski definition) is 6. The van der Waals surface area contributed by atoms with Crippen LogP contribution >= 0.6 is 11.3 Å². The van der Waals surface area contributed by atoms with Crippen molar-refractivity contribution in [2.75, 3.05) is 36.5 Å². The maximum Gasteiger partial charge on any atom is 0.126 e. The highest BCUT2D eigenvalue weighted by Gasteiger charge is 2.24. The third-order valence-electron chi connectivity index (χ3n) is 4.74. The molecule has 128 valence electrons. The first-order valence-corrected chi connectivity index (χ1v) is 9.69. The number of nitrogens with zero attached hydrogens (tertiary/aromatic N) is 3. The van der Waals surface area contributed by atoms with Crippen molar-refractivity contribution in [3.05, 3.63) is 33.9 Å². The number of thiazole rings is 1. The van der Waals surface area contributed by atoms with Crippen molar-refractivity contribution in [3.63, 3.8) is 0 Å². The quantitative estimate of drug-likeness (QED) is 0.921. The Morgan fingerprint density at radius 3 is 2.96 bits per heavy atom. The fourth-order valence-corrected chi connectivity index (χ4v) is 4.56. The van der Waals surface area contributed by atoms with Crippen LogP contribution in [0.25, 0.3) is 0 Å². The maximum atomic E-state index is 5.41. The Morgan fingerprint density at radius 1 is 1.33 bits per heavy atom. The largest absolute Gasteiger partial charge is 0.378 e. The Bertz CT molecular complexity index is 679. The molecule has 3 heterocycles. The van der Waals surface area contributed by atoms with Crippen molar-refractivity contribution in [2.24, 2.45) is 0 Å². The van der Waals surface area contributed by atoms with E-state index in [1.54, 1.807) is 0 Å². The van der Waals surface area contributed by atoms with Crippen LogP contribution in [0.3, 0.4) is 0 Å². The predicted octanol–water partition coefficient (Wildman–Crippen LogP) is 3.43. The van der Waals surface area contributed by atoms with E-state index in [4.69, 9.17) is 9.72 Å². The second-order valence-electron chi connectivity index (χ2n) is 6.36. The summed E-state index contributed by atoms with van der Waals surface area (Å²) in [6.45, 7) is 5.67. The summed E-state index contributed by atoms with van der Waals surface area (Å²) in [6, 6.07) is 4.61. The van der Waals surface area contributed by atoms with Gasteiger partial charge in [-0.1, -0.05) is 6.92 Å². The summed E-state index contributed by atoms with van der Waals surface area (Å²) < 4.78 is 5.41. The number of pyridine rings is 1. The van der Waals surface area contributed by atoms with E-state index in [0.717, 1.165) is 51.4 Å². The van der Waals surface area contributed by atoms with E-state index in [-0.39, 0.29) is 0 Å². The van der Waals surface area contributed by atoms with Gasteiger partial charge >= 0.3 is 0 Å². The number of anilines is 2. The lowest BCUT2D eigenvalue weighted by Gasteiger charge is -2.29. The van der Waals surface area contributed by atoms with Crippen molar-refractivity contribution < 1.29 is 4.74 Å². The molecule has 6 heteroatoms. The highest BCUT2D eigenvalue weighted by Crippen LogP contribution is 2.36. The molecule has 0 radical (unpaired) electrons. The van der Waals surface area contributed by atoms with Crippen LogP contribution < -0.4 is 10.2 Å². The summed E-state index contributed by atoms with van der Waals surface area (Å²) in [7, 11) is 0. The number of rotatable bonds is 4. The minimum Gasteiger partial charge on any atom is -0.378 e. The molecule has 0 spiro atoms. The van der Waals surface area contributed by atoms with E-state index in [9.17, 15) is 0 Å². The molecule has 1 saturated heterocycles. The van der Waals surface area contributed by atoms with Crippen LogP contribution in [0.15, 0.2) is 18.3 Å². The molecule has 1 N–H and O–H groups in total. The second kappa shape index (κ2) is 7.07. The lowest BCUT2D eigenvalue weighted by Crippen LogP contribution is -2.36. The molecule has 1 fully saturated rings. The molecule has 0 bridgehead atoms. The number of aryl methyl sites for hydroxylation is 2. The molecule has 24 heavy (non-hydrogen) atoms. The van der Waals surface area contributed by atoms with Crippen LogP contribution in [0.5, 0.6) is 0 Å². The van der Waals surface area contributed by atoms with Crippen molar-refractivity contribution in [1.82, 2.24) is 9.97 Å². The molecule has 2 aliphatic rings. The predicted molar refractivity (Wildman–Crippen MR) is 98.1 cm³/mol. The van der Waals surface area contributed by atoms with Gasteiger partial charge in [-0.3, -0.25) is 0 Å². The number of nitrogens with one attached hydrogen (secondary N) is 1. The van der Waals surface area contributed by atoms with Crippen LogP contribution in [0.4, 0.5) is 11.5 Å². The maximum absolute atomic E-state index is 5.41. The van der Waals surface area contributed by atoms with Crippen molar-refractivity contribution in [2.45, 2.75) is 38.6 Å². The number of morpholine rings is 1. The van der Waals surface area contributed by atoms with Gasteiger partial charge in [0.2, 0.25) is 0 Å². The average molecular weight is 344 g/mol. The first-order valence-electron chi connectivity index (χ1n) is 8.87. The van der Waals surface area contributed by atoms with E-state index < -0.39 is 0 Å². The van der Waals surface area contributed by atoms with Gasteiger partial charge in [-0.2, -0.15) is 0 Å². The second-order valence-corrected chi connectivity index (χ2v) is 7.48. The Kier molecular flexibility index (Phi) is 4.67. The summed E-state index contributed by atoms with van der Waals surface area (Å²) in [5.41, 5.74) is 2.48. The van der Waals surface area contributed by atoms with Crippen LogP contribution in [0.1, 0.15) is 41.4 Å². The van der Waals surface area contributed by atoms with Crippen LogP contribution in [-0.4, -0.2) is 36.3 Å². The smallest absolute Gasteiger partial charge is 0.126 e. The first-order chi connectivity index (χ1) is 11.8. The molecule has 0 saturated carbocycles. The molecule has 2 aromatic heterocycles. The van der Waals surface area contributed by atoms with E-state index in [1.807, 2.05) is 17.5 Å². The lowest BCUT2D eigenvalue weighted by atomic mass is 9.98. The van der Waals surface area contributed by atoms with Gasteiger partial charge in [-0.15, -0.1) is 11.3 Å². The minimum atomic E-state index is 0.355. The van der Waals surface area contributed by atoms with E-state index in [1.165, 1.54) is 27.7 Å². The van der Waals surface area contributed by atoms with Crippen LogP contribution in [0, 0.1) is 0 Å². The van der Waals surface area contributed by atoms with Gasteiger partial charge in [-0.05, 0) is 37.8 Å². The number of hydrogen-bond donors (Lipinski definition) is 1. The first kappa shape index (κ1) is 15.8. The zero-order chi connectivity index (χ0) is 16.4. The number of ether oxygens (including phenoxy) is 1. The van der Waals surface area contributed by atoms with E-state index in [0.29, 0.717) is 6.04 Å². The Labute approximate surface area is 147 Å². The number of fused-ring (bicyclic) bond motifs is 1. The van der Waals surface area contributed by atoms with Crippen LogP contribution in [-0.2, 0) is 17.6 Å². The Balaban J connectivity index is 1.47. The van der Waals surface area contributed by atoms with Gasteiger partial charge in [0.1, 0.15) is 5.82 Å². The average Bonchev–Trinajstić information content (AvgIpc) is 3.08. The molecule has 1 unspecified atom stereocenters. The van der Waals surface area contributed by atoms with Crippen molar-refractivity contribution in [1.29, 1.82) is 0 Å². The Hall–Kier alpha value is -1.66. The van der Waals surface area contributed by atoms with E-state index >= 15 is 0 Å². The summed E-state index contributed by atoms with van der Waals surface area (Å²) in [5.74, 6) is 0.955. The SMILES string of the molecule is CCc1nc2c(s1)C(Nc1ccc(N3CCOCC3)cn1)CCC2. The highest BCUT2D eigenvalue weighted by molar-refractivity contribution is 7.11. The normalized spacial score (nSPS) is 20.7. The molecule has 1 aliphatic carbocycles. The third kappa shape index (κ3) is 3.26. The molecule has 0 amide bonds. The topological polar surface area (TPSA) is 50.3 Å². The van der Waals surface area contributed by atoms with Gasteiger partial charge < -0.3 is 15.0 Å². The standard InChI is InChI=1S/C18H24N4OS/c1-2-17-21-15-5-3-4-14(18(15)24-17)20-16-7-6-13(12-19-16)22-8-10-23-11-9-22/h6-7,12,14H,2-5,8-11H2,1H3,(H,19,20). The van der Waals surface area contributed by atoms with Gasteiger partial charge in [0, 0.05) is 13.1 Å². The molecule has 1 aliphatic heterocycles. The molecule has 2 aromatic rings. The molecule has 1 atom stereocenters. The Morgan fingerprint density at radius 2 is 2.21 bits per heavy atom. The summed E-state index contributed by atoms with van der Waals surface area (Å²) in [6.07, 6.45) is 6.47. The summed E-state index contributed by atoms with van der Waals surface area (Å²) in [4.78, 5) is 13.2. The monoisotopic (exact) mass is 344 g/mol. The van der Waals surface area contributed by atoms with Crippen molar-refractivity contribution in [3.8, 4) is 0 Å². The fraction of sp³-hybridized carbons (Fsp3) is 0.556. The summed E-state index contributed by atoms with van der Waals surface area (Å²) >= 11 is 1.87. The lowest BCUT2D eigenvalue weighted by molar-refractivity contribution is 0.122. The summed E-state index contributed by atoms with van der Waals surface area (Å²) in [5, 5.41) is 4.87. The van der Waals surface area contributed by atoms with Gasteiger partial charge in [0.05, 0.1) is 46.7 Å². The van der Waals surface area contributed by atoms with Gasteiger partial charge in [0.15, 0.2) is 0 Å². The minimum absolute atomic E-state index is 0.355. The zero-order valence-electron chi connectivity index (χ0n) is 14.1. The highest BCUT2D eigenvalue weighted by atomic mass is 32.1. The van der Waals surface area contributed by atoms with Gasteiger partial charge in [0.25, 0.3) is 0 Å². The fourth-order valence-electron chi connectivity index (χ4n) is 3.42.